The van der Waals surface area contributed by atoms with Crippen LogP contribution in [-0.2, 0) is 0 Å². The molecule has 0 aliphatic carbocycles. The van der Waals surface area contributed by atoms with Crippen LogP contribution in [0, 0.1) is 0 Å². The largest absolute Gasteiger partial charge is 0.393 e. The lowest BCUT2D eigenvalue weighted by Gasteiger charge is -2.09. The molecule has 2 heteroatoms. The second-order valence-corrected chi connectivity index (χ2v) is 4.40. The molecule has 0 aromatic carbocycles. The Bertz CT molecular complexity index is 117. The van der Waals surface area contributed by atoms with Crippen LogP contribution < -0.4 is 5.32 Å². The molecule has 92 valence electrons. The van der Waals surface area contributed by atoms with Gasteiger partial charge < -0.3 is 10.4 Å². The summed E-state index contributed by atoms with van der Waals surface area (Å²) in [7, 11) is 0. The highest BCUT2D eigenvalue weighted by atomic mass is 16.3. The van der Waals surface area contributed by atoms with Crippen LogP contribution in [0.2, 0.25) is 0 Å². The van der Waals surface area contributed by atoms with Gasteiger partial charge >= 0.3 is 0 Å². The second-order valence-electron chi connectivity index (χ2n) is 4.40. The fourth-order valence-electron chi connectivity index (χ4n) is 1.67. The van der Waals surface area contributed by atoms with Crippen molar-refractivity contribution in [2.75, 3.05) is 13.1 Å². The van der Waals surface area contributed by atoms with Gasteiger partial charge in [-0.05, 0) is 38.8 Å². The molecule has 0 heterocycles. The number of nitrogens with one attached hydrogen (secondary N) is 1. The Morgan fingerprint density at radius 1 is 0.867 bits per heavy atom. The van der Waals surface area contributed by atoms with E-state index in [1.807, 2.05) is 0 Å². The summed E-state index contributed by atoms with van der Waals surface area (Å²) in [5, 5.41) is 13.0. The van der Waals surface area contributed by atoms with Gasteiger partial charge in [0.05, 0.1) is 6.10 Å². The van der Waals surface area contributed by atoms with Gasteiger partial charge in [0.2, 0.25) is 0 Å². The minimum absolute atomic E-state index is 0.0672. The van der Waals surface area contributed by atoms with E-state index >= 15 is 0 Å². The summed E-state index contributed by atoms with van der Waals surface area (Å²) in [6.45, 7) is 6.60. The summed E-state index contributed by atoms with van der Waals surface area (Å²) in [4.78, 5) is 0. The highest BCUT2D eigenvalue weighted by molar-refractivity contribution is 4.57. The molecule has 1 unspecified atom stereocenters. The average molecular weight is 215 g/mol. The fourth-order valence-corrected chi connectivity index (χ4v) is 1.67. The first-order chi connectivity index (χ1) is 7.31. The standard InChI is InChI=1S/C13H29NO/c1-3-5-7-11-14-12-8-10-13(15)9-6-4-2/h13-15H,3-12H2,1-2H3. The van der Waals surface area contributed by atoms with Crippen molar-refractivity contribution in [3.63, 3.8) is 0 Å². The first-order valence-electron chi connectivity index (χ1n) is 6.70. The van der Waals surface area contributed by atoms with Crippen LogP contribution in [0.5, 0.6) is 0 Å². The lowest BCUT2D eigenvalue weighted by molar-refractivity contribution is 0.149. The SMILES string of the molecule is CCCCCNCCCC(O)CCCC. The number of unbranched alkanes of at least 4 members (excludes halogenated alkanes) is 3. The van der Waals surface area contributed by atoms with E-state index in [4.69, 9.17) is 0 Å². The molecule has 0 amide bonds. The quantitative estimate of drug-likeness (QED) is 0.519. The maximum Gasteiger partial charge on any atom is 0.0540 e. The van der Waals surface area contributed by atoms with Gasteiger partial charge in [0, 0.05) is 0 Å². The predicted molar refractivity (Wildman–Crippen MR) is 67.2 cm³/mol. The number of hydrogen-bond donors (Lipinski definition) is 2. The molecule has 1 atom stereocenters. The molecular formula is C13H29NO. The summed E-state index contributed by atoms with van der Waals surface area (Å²) < 4.78 is 0. The van der Waals surface area contributed by atoms with Crippen molar-refractivity contribution in [1.29, 1.82) is 0 Å². The van der Waals surface area contributed by atoms with Gasteiger partial charge in [0.15, 0.2) is 0 Å². The maximum absolute atomic E-state index is 9.59. The van der Waals surface area contributed by atoms with Gasteiger partial charge in [0.25, 0.3) is 0 Å². The zero-order valence-corrected chi connectivity index (χ0v) is 10.6. The normalized spacial score (nSPS) is 13.0. The number of rotatable bonds is 11. The van der Waals surface area contributed by atoms with Crippen LogP contribution in [0.1, 0.15) is 65.2 Å². The molecule has 0 aliphatic rings. The topological polar surface area (TPSA) is 32.3 Å². The Kier molecular flexibility index (Phi) is 11.9. The van der Waals surface area contributed by atoms with E-state index in [1.165, 1.54) is 25.7 Å². The van der Waals surface area contributed by atoms with Crippen molar-refractivity contribution in [1.82, 2.24) is 5.32 Å². The van der Waals surface area contributed by atoms with E-state index in [1.54, 1.807) is 0 Å². The Morgan fingerprint density at radius 3 is 2.13 bits per heavy atom. The highest BCUT2D eigenvalue weighted by Crippen LogP contribution is 2.05. The van der Waals surface area contributed by atoms with Crippen LogP contribution in [0.3, 0.4) is 0 Å². The minimum atomic E-state index is -0.0672. The van der Waals surface area contributed by atoms with Crippen molar-refractivity contribution in [3.05, 3.63) is 0 Å². The van der Waals surface area contributed by atoms with Crippen LogP contribution in [0.4, 0.5) is 0 Å². The van der Waals surface area contributed by atoms with Crippen LogP contribution in [-0.4, -0.2) is 24.3 Å². The minimum Gasteiger partial charge on any atom is -0.393 e. The van der Waals surface area contributed by atoms with E-state index < -0.39 is 0 Å². The van der Waals surface area contributed by atoms with Crippen molar-refractivity contribution in [3.8, 4) is 0 Å². The molecule has 0 aromatic rings. The molecule has 0 bridgehead atoms. The summed E-state index contributed by atoms with van der Waals surface area (Å²) in [5.74, 6) is 0. The number of aliphatic hydroxyl groups excluding tert-OH is 1. The summed E-state index contributed by atoms with van der Waals surface area (Å²) in [6, 6.07) is 0. The van der Waals surface area contributed by atoms with E-state index in [-0.39, 0.29) is 6.10 Å². The fraction of sp³-hybridized carbons (Fsp3) is 1.00. The lowest BCUT2D eigenvalue weighted by atomic mass is 10.1. The van der Waals surface area contributed by atoms with E-state index in [0.717, 1.165) is 38.8 Å². The monoisotopic (exact) mass is 215 g/mol. The molecule has 0 aromatic heterocycles. The molecule has 2 N–H and O–H groups in total. The van der Waals surface area contributed by atoms with Gasteiger partial charge in [-0.2, -0.15) is 0 Å². The van der Waals surface area contributed by atoms with Gasteiger partial charge in [0.1, 0.15) is 0 Å². The van der Waals surface area contributed by atoms with Gasteiger partial charge in [-0.15, -0.1) is 0 Å². The first-order valence-corrected chi connectivity index (χ1v) is 6.70. The maximum atomic E-state index is 9.59. The highest BCUT2D eigenvalue weighted by Gasteiger charge is 2.01. The molecule has 2 nitrogen and oxygen atoms in total. The molecule has 0 radical (unpaired) electrons. The van der Waals surface area contributed by atoms with Gasteiger partial charge in [-0.25, -0.2) is 0 Å². The second kappa shape index (κ2) is 12.0. The average Bonchev–Trinajstić information content (AvgIpc) is 2.25. The smallest absolute Gasteiger partial charge is 0.0540 e. The van der Waals surface area contributed by atoms with Crippen molar-refractivity contribution in [2.45, 2.75) is 71.3 Å². The third-order valence-electron chi connectivity index (χ3n) is 2.74. The van der Waals surface area contributed by atoms with E-state index in [2.05, 4.69) is 19.2 Å². The molecule has 0 saturated heterocycles. The molecule has 0 spiro atoms. The Balaban J connectivity index is 3.02. The lowest BCUT2D eigenvalue weighted by Crippen LogP contribution is -2.18. The van der Waals surface area contributed by atoms with Crippen LogP contribution >= 0.6 is 0 Å². The summed E-state index contributed by atoms with van der Waals surface area (Å²) in [6.07, 6.45) is 9.22. The molecule has 0 rings (SSSR count). The third-order valence-corrected chi connectivity index (χ3v) is 2.74. The molecular weight excluding hydrogens is 186 g/mol. The molecule has 0 aliphatic heterocycles. The van der Waals surface area contributed by atoms with Crippen LogP contribution in [0.15, 0.2) is 0 Å². The molecule has 15 heavy (non-hydrogen) atoms. The molecule has 0 saturated carbocycles. The van der Waals surface area contributed by atoms with Crippen molar-refractivity contribution < 1.29 is 5.11 Å². The van der Waals surface area contributed by atoms with E-state index in [0.29, 0.717) is 0 Å². The van der Waals surface area contributed by atoms with Crippen molar-refractivity contribution in [2.24, 2.45) is 0 Å². The molecule has 0 fully saturated rings. The number of aliphatic hydroxyl groups is 1. The van der Waals surface area contributed by atoms with Gasteiger partial charge in [-0.1, -0.05) is 39.5 Å². The Morgan fingerprint density at radius 2 is 1.47 bits per heavy atom. The predicted octanol–water partition coefficient (Wildman–Crippen LogP) is 3.10. The Hall–Kier alpha value is -0.0800. The number of hydrogen-bond acceptors (Lipinski definition) is 2. The zero-order chi connectivity index (χ0) is 11.4. The zero-order valence-electron chi connectivity index (χ0n) is 10.6. The third kappa shape index (κ3) is 11.8. The Labute approximate surface area is 95.5 Å². The van der Waals surface area contributed by atoms with E-state index in [9.17, 15) is 5.11 Å². The first kappa shape index (κ1) is 14.9. The van der Waals surface area contributed by atoms with Crippen molar-refractivity contribution >= 4 is 0 Å². The van der Waals surface area contributed by atoms with Gasteiger partial charge in [-0.3, -0.25) is 0 Å². The summed E-state index contributed by atoms with van der Waals surface area (Å²) in [5.41, 5.74) is 0. The van der Waals surface area contributed by atoms with Crippen LogP contribution in [0.25, 0.3) is 0 Å². The summed E-state index contributed by atoms with van der Waals surface area (Å²) >= 11 is 0.